The Labute approximate surface area is 186 Å². The first-order valence-corrected chi connectivity index (χ1v) is 9.89. The molecule has 0 fully saturated rings. The molecule has 0 saturated carbocycles. The normalized spacial score (nSPS) is 10.2. The van der Waals surface area contributed by atoms with Crippen molar-refractivity contribution in [3.8, 4) is 5.75 Å². The van der Waals surface area contributed by atoms with E-state index < -0.39 is 11.8 Å². The first kappa shape index (κ1) is 23.6. The predicted molar refractivity (Wildman–Crippen MR) is 122 cm³/mol. The number of carbonyl (C=O) groups excluding carboxylic acids is 3. The Kier molecular flexibility index (Phi) is 9.70. The minimum Gasteiger partial charge on any atom is -0.497 e. The van der Waals surface area contributed by atoms with Crippen LogP contribution in [-0.4, -0.2) is 29.9 Å². The number of methoxy groups -OCH3 is 1. The average Bonchev–Trinajstić information content (AvgIpc) is 2.79. The lowest BCUT2D eigenvalue weighted by Crippen LogP contribution is -2.48. The van der Waals surface area contributed by atoms with Gasteiger partial charge in [-0.3, -0.25) is 30.6 Å². The van der Waals surface area contributed by atoms with E-state index >= 15 is 0 Å². The van der Waals surface area contributed by atoms with Crippen LogP contribution >= 0.6 is 12.2 Å². The zero-order valence-corrected chi connectivity index (χ0v) is 17.8. The third kappa shape index (κ3) is 9.55. The molecule has 0 aromatic heterocycles. The summed E-state index contributed by atoms with van der Waals surface area (Å²) in [5.41, 5.74) is 6.56. The standard InChI is InChI=1S/C22H24N4O4S/c1-30-18-10-7-16(8-11-18)9-12-20(28)24-22(31)26-25-21(29)14-13-19(27)23-15-17-5-3-2-4-6-17/h2-12H,13-15H2,1H3,(H,23,27)(H,25,29)(H2,24,26,28,31)/b12-9+. The van der Waals surface area contributed by atoms with E-state index in [0.717, 1.165) is 16.9 Å². The van der Waals surface area contributed by atoms with Crippen molar-refractivity contribution in [2.75, 3.05) is 7.11 Å². The van der Waals surface area contributed by atoms with Crippen LogP contribution in [-0.2, 0) is 20.9 Å². The molecule has 0 radical (unpaired) electrons. The van der Waals surface area contributed by atoms with Crippen LogP contribution in [0.5, 0.6) is 5.75 Å². The third-order valence-corrected chi connectivity index (χ3v) is 4.21. The van der Waals surface area contributed by atoms with Crippen molar-refractivity contribution in [3.05, 3.63) is 71.8 Å². The van der Waals surface area contributed by atoms with Crippen molar-refractivity contribution in [1.82, 2.24) is 21.5 Å². The van der Waals surface area contributed by atoms with Gasteiger partial charge in [0, 0.05) is 25.5 Å². The number of ether oxygens (including phenoxy) is 1. The van der Waals surface area contributed by atoms with Gasteiger partial charge in [0.1, 0.15) is 5.75 Å². The Morgan fingerprint density at radius 3 is 2.29 bits per heavy atom. The van der Waals surface area contributed by atoms with Crippen molar-refractivity contribution in [1.29, 1.82) is 0 Å². The Balaban J connectivity index is 1.62. The molecular formula is C22H24N4O4S. The van der Waals surface area contributed by atoms with Crippen molar-refractivity contribution in [2.45, 2.75) is 19.4 Å². The van der Waals surface area contributed by atoms with Crippen LogP contribution in [0.2, 0.25) is 0 Å². The zero-order valence-electron chi connectivity index (χ0n) is 17.0. The quantitative estimate of drug-likeness (QED) is 0.283. The molecule has 3 amide bonds. The minimum absolute atomic E-state index is 0.0262. The number of rotatable bonds is 8. The molecular weight excluding hydrogens is 416 g/mol. The number of hydrazine groups is 1. The predicted octanol–water partition coefficient (Wildman–Crippen LogP) is 1.83. The summed E-state index contributed by atoms with van der Waals surface area (Å²) in [6.45, 7) is 0.402. The summed E-state index contributed by atoms with van der Waals surface area (Å²) in [5, 5.41) is 5.09. The van der Waals surface area contributed by atoms with Gasteiger partial charge in [0.2, 0.25) is 17.7 Å². The van der Waals surface area contributed by atoms with Crippen LogP contribution in [0.4, 0.5) is 0 Å². The number of benzene rings is 2. The maximum absolute atomic E-state index is 11.9. The fraction of sp³-hybridized carbons (Fsp3) is 0.182. The Hall–Kier alpha value is -3.72. The smallest absolute Gasteiger partial charge is 0.250 e. The molecule has 0 spiro atoms. The van der Waals surface area contributed by atoms with Crippen molar-refractivity contribution in [2.24, 2.45) is 0 Å². The van der Waals surface area contributed by atoms with Crippen LogP contribution in [0.1, 0.15) is 24.0 Å². The van der Waals surface area contributed by atoms with Gasteiger partial charge in [-0.05, 0) is 41.6 Å². The summed E-state index contributed by atoms with van der Waals surface area (Å²) in [7, 11) is 1.58. The van der Waals surface area contributed by atoms with Crippen molar-refractivity contribution in [3.63, 3.8) is 0 Å². The van der Waals surface area contributed by atoms with Crippen molar-refractivity contribution < 1.29 is 19.1 Å². The molecule has 4 N–H and O–H groups in total. The van der Waals surface area contributed by atoms with E-state index in [9.17, 15) is 14.4 Å². The summed E-state index contributed by atoms with van der Waals surface area (Å²) in [4.78, 5) is 35.5. The molecule has 0 aliphatic rings. The van der Waals surface area contributed by atoms with E-state index in [4.69, 9.17) is 17.0 Å². The summed E-state index contributed by atoms with van der Waals surface area (Å²) >= 11 is 4.96. The first-order chi connectivity index (χ1) is 15.0. The van der Waals surface area contributed by atoms with Gasteiger partial charge in [-0.2, -0.15) is 0 Å². The van der Waals surface area contributed by atoms with Gasteiger partial charge >= 0.3 is 0 Å². The van der Waals surface area contributed by atoms with Gasteiger partial charge in [0.15, 0.2) is 5.11 Å². The van der Waals surface area contributed by atoms with Crippen LogP contribution < -0.4 is 26.2 Å². The van der Waals surface area contributed by atoms with E-state index in [-0.39, 0.29) is 23.9 Å². The van der Waals surface area contributed by atoms with E-state index in [1.165, 1.54) is 6.08 Å². The molecule has 2 aromatic rings. The SMILES string of the molecule is COc1ccc(/C=C/C(=O)NC(=S)NNC(=O)CCC(=O)NCc2ccccc2)cc1. The molecule has 0 saturated heterocycles. The minimum atomic E-state index is -0.456. The third-order valence-electron chi connectivity index (χ3n) is 4.01. The lowest BCUT2D eigenvalue weighted by Gasteiger charge is -2.10. The fourth-order valence-electron chi connectivity index (χ4n) is 2.37. The van der Waals surface area contributed by atoms with Crippen molar-refractivity contribution >= 4 is 41.1 Å². The maximum atomic E-state index is 11.9. The lowest BCUT2D eigenvalue weighted by molar-refractivity contribution is -0.126. The summed E-state index contributed by atoms with van der Waals surface area (Å²) < 4.78 is 5.07. The number of amides is 3. The van der Waals surface area contributed by atoms with Gasteiger partial charge in [0.05, 0.1) is 7.11 Å². The second-order valence-electron chi connectivity index (χ2n) is 6.36. The van der Waals surface area contributed by atoms with Crippen LogP contribution in [0, 0.1) is 0 Å². The second-order valence-corrected chi connectivity index (χ2v) is 6.77. The molecule has 2 rings (SSSR count). The highest BCUT2D eigenvalue weighted by Gasteiger charge is 2.08. The van der Waals surface area contributed by atoms with Crippen LogP contribution in [0.25, 0.3) is 6.08 Å². The molecule has 9 heteroatoms. The van der Waals surface area contributed by atoms with E-state index in [0.29, 0.717) is 6.54 Å². The summed E-state index contributed by atoms with van der Waals surface area (Å²) in [6, 6.07) is 16.6. The highest BCUT2D eigenvalue weighted by atomic mass is 32.1. The second kappa shape index (κ2) is 12.8. The molecule has 0 heterocycles. The molecule has 0 unspecified atom stereocenters. The zero-order chi connectivity index (χ0) is 22.5. The van der Waals surface area contributed by atoms with Gasteiger partial charge < -0.3 is 10.1 Å². The molecule has 2 aromatic carbocycles. The highest BCUT2D eigenvalue weighted by Crippen LogP contribution is 2.12. The Morgan fingerprint density at radius 2 is 1.61 bits per heavy atom. The van der Waals surface area contributed by atoms with Gasteiger partial charge in [-0.25, -0.2) is 0 Å². The summed E-state index contributed by atoms with van der Waals surface area (Å²) in [6.07, 6.45) is 2.93. The van der Waals surface area contributed by atoms with Crippen LogP contribution in [0.15, 0.2) is 60.7 Å². The van der Waals surface area contributed by atoms with Gasteiger partial charge in [-0.1, -0.05) is 42.5 Å². The first-order valence-electron chi connectivity index (χ1n) is 9.49. The monoisotopic (exact) mass is 440 g/mol. The summed E-state index contributed by atoms with van der Waals surface area (Å²) in [5.74, 6) is -0.405. The molecule has 0 bridgehead atoms. The van der Waals surface area contributed by atoms with Gasteiger partial charge in [0.25, 0.3) is 0 Å². The number of hydrogen-bond acceptors (Lipinski definition) is 5. The van der Waals surface area contributed by atoms with E-state index in [2.05, 4.69) is 21.5 Å². The number of carbonyl (C=O) groups is 3. The number of thiocarbonyl (C=S) groups is 1. The lowest BCUT2D eigenvalue weighted by atomic mass is 10.2. The van der Waals surface area contributed by atoms with E-state index in [1.807, 2.05) is 30.3 Å². The molecule has 0 atom stereocenters. The number of hydrogen-bond donors (Lipinski definition) is 4. The maximum Gasteiger partial charge on any atom is 0.250 e. The van der Waals surface area contributed by atoms with Gasteiger partial charge in [-0.15, -0.1) is 0 Å². The van der Waals surface area contributed by atoms with Crippen LogP contribution in [0.3, 0.4) is 0 Å². The largest absolute Gasteiger partial charge is 0.497 e. The Morgan fingerprint density at radius 1 is 0.935 bits per heavy atom. The Bertz CT molecular complexity index is 930. The highest BCUT2D eigenvalue weighted by molar-refractivity contribution is 7.80. The molecule has 0 aliphatic carbocycles. The topological polar surface area (TPSA) is 109 Å². The molecule has 0 aliphatic heterocycles. The van der Waals surface area contributed by atoms with E-state index in [1.54, 1.807) is 37.5 Å². The fourth-order valence-corrected chi connectivity index (χ4v) is 2.52. The molecule has 8 nitrogen and oxygen atoms in total. The molecule has 162 valence electrons. The number of nitrogens with one attached hydrogen (secondary N) is 4. The average molecular weight is 441 g/mol. The molecule has 31 heavy (non-hydrogen) atoms.